The van der Waals surface area contributed by atoms with Crippen LogP contribution >= 0.6 is 0 Å². The van der Waals surface area contributed by atoms with E-state index in [-0.39, 0.29) is 24.2 Å². The highest BCUT2D eigenvalue weighted by molar-refractivity contribution is 5.76. The molecule has 1 aromatic rings. The first kappa shape index (κ1) is 16.5. The van der Waals surface area contributed by atoms with Crippen molar-refractivity contribution >= 4 is 11.6 Å². The highest BCUT2D eigenvalue weighted by atomic mass is 16.6. The van der Waals surface area contributed by atoms with Gasteiger partial charge in [0.15, 0.2) is 0 Å². The largest absolute Gasteiger partial charge is 0.351 e. The van der Waals surface area contributed by atoms with Crippen LogP contribution in [0.2, 0.25) is 0 Å². The normalized spacial score (nSPS) is 25.0. The molecule has 1 aliphatic carbocycles. The summed E-state index contributed by atoms with van der Waals surface area (Å²) in [5.41, 5.74) is 0.755. The minimum atomic E-state index is -0.447. The van der Waals surface area contributed by atoms with Gasteiger partial charge in [-0.05, 0) is 32.1 Å². The van der Waals surface area contributed by atoms with Crippen LogP contribution in [0.25, 0.3) is 0 Å². The Balaban J connectivity index is 2.03. The Bertz CT molecular complexity index is 582. The highest BCUT2D eigenvalue weighted by Crippen LogP contribution is 2.29. The van der Waals surface area contributed by atoms with Gasteiger partial charge in [-0.15, -0.1) is 0 Å². The van der Waals surface area contributed by atoms with E-state index in [4.69, 9.17) is 0 Å². The summed E-state index contributed by atoms with van der Waals surface area (Å²) in [6.07, 6.45) is 3.33. The topological polar surface area (TPSA) is 90.1 Å². The summed E-state index contributed by atoms with van der Waals surface area (Å²) < 4.78 is 1.42. The number of hydrogen-bond donors (Lipinski definition) is 1. The molecule has 1 saturated carbocycles. The van der Waals surface area contributed by atoms with Crippen molar-refractivity contribution in [3.05, 3.63) is 21.5 Å². The van der Waals surface area contributed by atoms with Crippen LogP contribution in [0.15, 0.2) is 0 Å². The molecule has 0 bridgehead atoms. The van der Waals surface area contributed by atoms with Crippen molar-refractivity contribution in [3.8, 4) is 0 Å². The van der Waals surface area contributed by atoms with Crippen molar-refractivity contribution in [2.24, 2.45) is 11.8 Å². The molecule has 1 aromatic heterocycles. The number of hydrogen-bond acceptors (Lipinski definition) is 4. The third-order valence-electron chi connectivity index (χ3n) is 4.87. The first-order valence-electron chi connectivity index (χ1n) is 7.79. The molecule has 1 heterocycles. The molecule has 0 aliphatic heterocycles. The Labute approximate surface area is 130 Å². The van der Waals surface area contributed by atoms with Crippen LogP contribution in [0.5, 0.6) is 0 Å². The van der Waals surface area contributed by atoms with Gasteiger partial charge in [-0.25, -0.2) is 0 Å². The van der Waals surface area contributed by atoms with Gasteiger partial charge in [-0.2, -0.15) is 5.10 Å². The maximum absolute atomic E-state index is 12.2. The van der Waals surface area contributed by atoms with E-state index < -0.39 is 4.92 Å². The van der Waals surface area contributed by atoms with Crippen LogP contribution in [0, 0.1) is 35.8 Å². The summed E-state index contributed by atoms with van der Waals surface area (Å²) in [4.78, 5) is 22.8. The summed E-state index contributed by atoms with van der Waals surface area (Å²) in [5, 5.41) is 18.2. The Morgan fingerprint density at radius 3 is 2.68 bits per heavy atom. The molecule has 0 radical (unpaired) electrons. The third kappa shape index (κ3) is 3.28. The lowest BCUT2D eigenvalue weighted by molar-refractivity contribution is -0.386. The molecule has 0 saturated heterocycles. The average Bonchev–Trinajstić information content (AvgIpc) is 2.69. The van der Waals surface area contributed by atoms with E-state index in [1.54, 1.807) is 13.8 Å². The lowest BCUT2D eigenvalue weighted by atomic mass is 9.78. The van der Waals surface area contributed by atoms with Crippen LogP contribution in [-0.4, -0.2) is 26.7 Å². The monoisotopic (exact) mass is 308 g/mol. The van der Waals surface area contributed by atoms with E-state index in [2.05, 4.69) is 24.3 Å². The second kappa shape index (κ2) is 6.46. The maximum Gasteiger partial charge on any atom is 0.312 e. The molecular weight excluding hydrogens is 284 g/mol. The molecule has 0 spiro atoms. The third-order valence-corrected chi connectivity index (χ3v) is 4.87. The Morgan fingerprint density at radius 2 is 2.09 bits per heavy atom. The molecule has 1 N–H and O–H groups in total. The van der Waals surface area contributed by atoms with Crippen molar-refractivity contribution < 1.29 is 9.72 Å². The fourth-order valence-electron chi connectivity index (χ4n) is 3.28. The molecule has 7 heteroatoms. The van der Waals surface area contributed by atoms with Crippen molar-refractivity contribution in [1.82, 2.24) is 15.1 Å². The van der Waals surface area contributed by atoms with Gasteiger partial charge in [0.2, 0.25) is 5.91 Å². The quantitative estimate of drug-likeness (QED) is 0.683. The standard InChI is InChI=1S/C15H24N4O3/c1-9-6-5-7-13(10(9)2)16-14(20)8-18-12(4)15(19(21)22)11(3)17-18/h9-10,13H,5-8H2,1-4H3,(H,16,20)/t9-,10-,13-/m1/s1. The molecule has 1 aliphatic rings. The van der Waals surface area contributed by atoms with Gasteiger partial charge in [0, 0.05) is 6.04 Å². The van der Waals surface area contributed by atoms with E-state index in [1.807, 2.05) is 0 Å². The SMILES string of the molecule is Cc1nn(CC(=O)N[C@@H]2CCC[C@@H](C)[C@H]2C)c(C)c1[N+](=O)[O-]. The number of aromatic nitrogens is 2. The summed E-state index contributed by atoms with van der Waals surface area (Å²) in [5.74, 6) is 0.924. The minimum Gasteiger partial charge on any atom is -0.351 e. The van der Waals surface area contributed by atoms with Gasteiger partial charge in [-0.3, -0.25) is 19.6 Å². The number of aryl methyl sites for hydroxylation is 1. The van der Waals surface area contributed by atoms with Crippen LogP contribution < -0.4 is 5.32 Å². The van der Waals surface area contributed by atoms with Gasteiger partial charge in [-0.1, -0.05) is 26.7 Å². The molecule has 3 atom stereocenters. The van der Waals surface area contributed by atoms with Crippen LogP contribution in [0.3, 0.4) is 0 Å². The van der Waals surface area contributed by atoms with Gasteiger partial charge < -0.3 is 5.32 Å². The lowest BCUT2D eigenvalue weighted by Gasteiger charge is -2.34. The average molecular weight is 308 g/mol. The minimum absolute atomic E-state index is 0.00698. The van der Waals surface area contributed by atoms with Gasteiger partial charge >= 0.3 is 5.69 Å². The first-order chi connectivity index (χ1) is 10.3. The number of nitro groups is 1. The highest BCUT2D eigenvalue weighted by Gasteiger charge is 2.29. The molecular formula is C15H24N4O3. The van der Waals surface area contributed by atoms with E-state index in [0.29, 0.717) is 23.2 Å². The lowest BCUT2D eigenvalue weighted by Crippen LogP contribution is -2.45. The van der Waals surface area contributed by atoms with Gasteiger partial charge in [0.05, 0.1) is 4.92 Å². The number of carbonyl (C=O) groups excluding carboxylic acids is 1. The molecule has 1 amide bonds. The molecule has 22 heavy (non-hydrogen) atoms. The molecule has 1 fully saturated rings. The number of carbonyl (C=O) groups is 1. The summed E-state index contributed by atoms with van der Waals surface area (Å²) in [6, 6.07) is 0.184. The zero-order valence-corrected chi connectivity index (χ0v) is 13.6. The fourth-order valence-corrected chi connectivity index (χ4v) is 3.28. The van der Waals surface area contributed by atoms with Crippen molar-refractivity contribution in [3.63, 3.8) is 0 Å². The van der Waals surface area contributed by atoms with E-state index in [9.17, 15) is 14.9 Å². The zero-order valence-electron chi connectivity index (χ0n) is 13.6. The van der Waals surface area contributed by atoms with Gasteiger partial charge in [0.25, 0.3) is 0 Å². The van der Waals surface area contributed by atoms with E-state index in [0.717, 1.165) is 12.8 Å². The van der Waals surface area contributed by atoms with Crippen molar-refractivity contribution in [2.45, 2.75) is 59.5 Å². The van der Waals surface area contributed by atoms with Crippen LogP contribution in [-0.2, 0) is 11.3 Å². The molecule has 7 nitrogen and oxygen atoms in total. The predicted molar refractivity (Wildman–Crippen MR) is 82.5 cm³/mol. The number of nitrogens with one attached hydrogen (secondary N) is 1. The van der Waals surface area contributed by atoms with Crippen molar-refractivity contribution in [1.29, 1.82) is 0 Å². The predicted octanol–water partition coefficient (Wildman–Crippen LogP) is 2.35. The second-order valence-electron chi connectivity index (χ2n) is 6.38. The van der Waals surface area contributed by atoms with E-state index in [1.165, 1.54) is 11.1 Å². The fraction of sp³-hybridized carbons (Fsp3) is 0.733. The Morgan fingerprint density at radius 1 is 1.41 bits per heavy atom. The molecule has 122 valence electrons. The Hall–Kier alpha value is -1.92. The first-order valence-corrected chi connectivity index (χ1v) is 7.79. The molecule has 0 unspecified atom stereocenters. The summed E-state index contributed by atoms with van der Waals surface area (Å²) >= 11 is 0. The summed E-state index contributed by atoms with van der Waals surface area (Å²) in [7, 11) is 0. The molecule has 2 rings (SSSR count). The second-order valence-corrected chi connectivity index (χ2v) is 6.38. The zero-order chi connectivity index (χ0) is 16.4. The van der Waals surface area contributed by atoms with E-state index >= 15 is 0 Å². The summed E-state index contributed by atoms with van der Waals surface area (Å²) in [6.45, 7) is 7.62. The van der Waals surface area contributed by atoms with Crippen molar-refractivity contribution in [2.75, 3.05) is 0 Å². The smallest absolute Gasteiger partial charge is 0.312 e. The van der Waals surface area contributed by atoms with Gasteiger partial charge in [0.1, 0.15) is 17.9 Å². The number of amides is 1. The number of nitrogens with zero attached hydrogens (tertiary/aromatic N) is 3. The van der Waals surface area contributed by atoms with Crippen LogP contribution in [0.4, 0.5) is 5.69 Å². The molecule has 0 aromatic carbocycles. The van der Waals surface area contributed by atoms with Crippen LogP contribution in [0.1, 0.15) is 44.5 Å². The Kier molecular flexibility index (Phi) is 4.83. The number of rotatable bonds is 4. The maximum atomic E-state index is 12.2.